The first-order valence-electron chi connectivity index (χ1n) is 5.45. The van der Waals surface area contributed by atoms with Gasteiger partial charge in [0.2, 0.25) is 0 Å². The number of hydrogen-bond acceptors (Lipinski definition) is 5. The molecule has 0 aromatic heterocycles. The fourth-order valence-corrected chi connectivity index (χ4v) is 1.30. The molecule has 0 aliphatic carbocycles. The average molecular weight is 263 g/mol. The number of ether oxygens (including phenoxy) is 2. The van der Waals surface area contributed by atoms with E-state index >= 15 is 0 Å². The summed E-state index contributed by atoms with van der Waals surface area (Å²) < 4.78 is 9.62. The van der Waals surface area contributed by atoms with Gasteiger partial charge in [0.05, 0.1) is 4.92 Å². The van der Waals surface area contributed by atoms with E-state index < -0.39 is 11.1 Å². The molecule has 1 rings (SSSR count). The van der Waals surface area contributed by atoms with Gasteiger partial charge >= 0.3 is 6.16 Å². The molecule has 0 N–H and O–H groups in total. The van der Waals surface area contributed by atoms with Crippen LogP contribution in [0, 0.1) is 10.1 Å². The van der Waals surface area contributed by atoms with Gasteiger partial charge in [0, 0.05) is 17.7 Å². The third-order valence-corrected chi connectivity index (χ3v) is 2.12. The molecule has 6 nitrogen and oxygen atoms in total. The van der Waals surface area contributed by atoms with E-state index in [-0.39, 0.29) is 18.1 Å². The Bertz CT molecular complexity index is 522. The van der Waals surface area contributed by atoms with Gasteiger partial charge in [-0.2, -0.15) is 0 Å². The number of allylic oxidation sites excluding steroid dienone is 1. The van der Waals surface area contributed by atoms with Crippen molar-refractivity contribution < 1.29 is 19.2 Å². The van der Waals surface area contributed by atoms with Crippen LogP contribution in [0.1, 0.15) is 12.5 Å². The Kier molecular flexibility index (Phi) is 5.28. The first-order valence-corrected chi connectivity index (χ1v) is 5.45. The summed E-state index contributed by atoms with van der Waals surface area (Å²) >= 11 is 0. The average Bonchev–Trinajstić information content (AvgIpc) is 2.42. The molecule has 0 spiro atoms. The third-order valence-electron chi connectivity index (χ3n) is 2.12. The number of benzene rings is 1. The van der Waals surface area contributed by atoms with Crippen molar-refractivity contribution in [3.05, 3.63) is 58.7 Å². The Morgan fingerprint density at radius 1 is 1.53 bits per heavy atom. The minimum Gasteiger partial charge on any atom is -0.430 e. The van der Waals surface area contributed by atoms with E-state index in [4.69, 9.17) is 4.74 Å². The molecule has 100 valence electrons. The van der Waals surface area contributed by atoms with Crippen molar-refractivity contribution in [2.45, 2.75) is 6.92 Å². The number of non-ortho nitro benzene ring substituents is 1. The molecule has 0 aliphatic heterocycles. The van der Waals surface area contributed by atoms with Crippen molar-refractivity contribution in [2.24, 2.45) is 0 Å². The van der Waals surface area contributed by atoms with E-state index in [1.165, 1.54) is 30.4 Å². The van der Waals surface area contributed by atoms with Crippen molar-refractivity contribution in [3.63, 3.8) is 0 Å². The van der Waals surface area contributed by atoms with Crippen molar-refractivity contribution in [1.29, 1.82) is 0 Å². The Balaban J connectivity index is 2.86. The van der Waals surface area contributed by atoms with Gasteiger partial charge in [-0.15, -0.1) is 0 Å². The van der Waals surface area contributed by atoms with Gasteiger partial charge in [-0.25, -0.2) is 4.79 Å². The standard InChI is InChI=1S/C13H13NO5/c1-3-8-18-13(15)19-12(4-2)10-6-5-7-11(9-10)14(16)17/h3-7,9H,1,8H2,2H3/b12-4-. The summed E-state index contributed by atoms with van der Waals surface area (Å²) in [5.74, 6) is 0.192. The highest BCUT2D eigenvalue weighted by Crippen LogP contribution is 2.21. The molecule has 1 aromatic carbocycles. The Hall–Kier alpha value is -2.63. The fourth-order valence-electron chi connectivity index (χ4n) is 1.30. The van der Waals surface area contributed by atoms with Gasteiger partial charge in [-0.3, -0.25) is 10.1 Å². The van der Waals surface area contributed by atoms with Gasteiger partial charge in [-0.1, -0.05) is 24.8 Å². The molecule has 0 atom stereocenters. The summed E-state index contributed by atoms with van der Waals surface area (Å²) in [5.41, 5.74) is 0.340. The number of nitro benzene ring substituents is 1. The van der Waals surface area contributed by atoms with E-state index in [0.29, 0.717) is 5.56 Å². The summed E-state index contributed by atoms with van der Waals surface area (Å²) in [6, 6.07) is 5.78. The summed E-state index contributed by atoms with van der Waals surface area (Å²) in [4.78, 5) is 21.4. The predicted octanol–water partition coefficient (Wildman–Crippen LogP) is 3.29. The smallest absolute Gasteiger partial charge is 0.430 e. The molecule has 0 radical (unpaired) electrons. The van der Waals surface area contributed by atoms with Crippen LogP contribution in [-0.2, 0) is 9.47 Å². The summed E-state index contributed by atoms with van der Waals surface area (Å²) in [7, 11) is 0. The summed E-state index contributed by atoms with van der Waals surface area (Å²) in [5, 5.41) is 10.7. The fraction of sp³-hybridized carbons (Fsp3) is 0.154. The summed E-state index contributed by atoms with van der Waals surface area (Å²) in [6.07, 6.45) is 2.04. The van der Waals surface area contributed by atoms with Gasteiger partial charge in [0.25, 0.3) is 5.69 Å². The topological polar surface area (TPSA) is 78.7 Å². The van der Waals surface area contributed by atoms with Crippen LogP contribution in [0.2, 0.25) is 0 Å². The maximum absolute atomic E-state index is 11.3. The molecule has 0 amide bonds. The van der Waals surface area contributed by atoms with Crippen molar-refractivity contribution in [3.8, 4) is 0 Å². The van der Waals surface area contributed by atoms with E-state index in [0.717, 1.165) is 0 Å². The highest BCUT2D eigenvalue weighted by atomic mass is 16.7. The molecule has 6 heteroatoms. The Morgan fingerprint density at radius 2 is 2.26 bits per heavy atom. The molecule has 0 heterocycles. The normalized spacial score (nSPS) is 10.7. The van der Waals surface area contributed by atoms with Gasteiger partial charge < -0.3 is 9.47 Å². The minimum absolute atomic E-state index is 0.0325. The largest absolute Gasteiger partial charge is 0.514 e. The van der Waals surface area contributed by atoms with Crippen LogP contribution in [0.15, 0.2) is 43.0 Å². The monoisotopic (exact) mass is 263 g/mol. The molecule has 0 fully saturated rings. The first-order chi connectivity index (χ1) is 9.08. The van der Waals surface area contributed by atoms with Crippen LogP contribution in [-0.4, -0.2) is 17.7 Å². The van der Waals surface area contributed by atoms with Crippen LogP contribution in [0.4, 0.5) is 10.5 Å². The van der Waals surface area contributed by atoms with Gasteiger partial charge in [0.1, 0.15) is 12.4 Å². The molecule has 19 heavy (non-hydrogen) atoms. The van der Waals surface area contributed by atoms with E-state index in [1.807, 2.05) is 0 Å². The molecule has 0 bridgehead atoms. The first kappa shape index (κ1) is 14.4. The van der Waals surface area contributed by atoms with Crippen LogP contribution in [0.25, 0.3) is 5.76 Å². The van der Waals surface area contributed by atoms with Gasteiger partial charge in [0.15, 0.2) is 0 Å². The molecule has 0 aliphatic rings. The molecular formula is C13H13NO5. The second-order valence-corrected chi connectivity index (χ2v) is 3.41. The quantitative estimate of drug-likeness (QED) is 0.268. The van der Waals surface area contributed by atoms with E-state index in [1.54, 1.807) is 13.0 Å². The zero-order chi connectivity index (χ0) is 14.3. The number of rotatable bonds is 5. The van der Waals surface area contributed by atoms with Crippen LogP contribution in [0.3, 0.4) is 0 Å². The Morgan fingerprint density at radius 3 is 2.84 bits per heavy atom. The lowest BCUT2D eigenvalue weighted by atomic mass is 10.1. The van der Waals surface area contributed by atoms with Crippen molar-refractivity contribution >= 4 is 17.6 Å². The van der Waals surface area contributed by atoms with Crippen molar-refractivity contribution in [2.75, 3.05) is 6.61 Å². The van der Waals surface area contributed by atoms with Crippen LogP contribution in [0.5, 0.6) is 0 Å². The second kappa shape index (κ2) is 6.95. The number of nitrogens with zero attached hydrogens (tertiary/aromatic N) is 1. The Labute approximate surface area is 110 Å². The number of hydrogen-bond donors (Lipinski definition) is 0. The van der Waals surface area contributed by atoms with Crippen LogP contribution >= 0.6 is 0 Å². The molecular weight excluding hydrogens is 250 g/mol. The molecule has 1 aromatic rings. The highest BCUT2D eigenvalue weighted by Gasteiger charge is 2.13. The predicted molar refractivity (Wildman–Crippen MR) is 69.4 cm³/mol. The summed E-state index contributed by atoms with van der Waals surface area (Å²) in [6.45, 7) is 5.08. The van der Waals surface area contributed by atoms with Crippen LogP contribution < -0.4 is 0 Å². The SMILES string of the molecule is C=CCOC(=O)O/C(=C\C)c1cccc([N+](=O)[O-])c1. The number of carbonyl (C=O) groups is 1. The molecule has 0 saturated carbocycles. The minimum atomic E-state index is -0.889. The number of carbonyl (C=O) groups excluding carboxylic acids is 1. The molecule has 0 saturated heterocycles. The van der Waals surface area contributed by atoms with Gasteiger partial charge in [-0.05, 0) is 13.0 Å². The lowest BCUT2D eigenvalue weighted by Gasteiger charge is -2.08. The highest BCUT2D eigenvalue weighted by molar-refractivity contribution is 5.73. The molecule has 0 unspecified atom stereocenters. The number of nitro groups is 1. The lowest BCUT2D eigenvalue weighted by Crippen LogP contribution is -2.07. The van der Waals surface area contributed by atoms with E-state index in [2.05, 4.69) is 11.3 Å². The third kappa shape index (κ3) is 4.27. The van der Waals surface area contributed by atoms with E-state index in [9.17, 15) is 14.9 Å². The second-order valence-electron chi connectivity index (χ2n) is 3.41. The van der Waals surface area contributed by atoms with Crippen molar-refractivity contribution in [1.82, 2.24) is 0 Å². The zero-order valence-electron chi connectivity index (χ0n) is 10.4. The maximum atomic E-state index is 11.3. The zero-order valence-corrected chi connectivity index (χ0v) is 10.4. The lowest BCUT2D eigenvalue weighted by molar-refractivity contribution is -0.384. The maximum Gasteiger partial charge on any atom is 0.514 e.